The van der Waals surface area contributed by atoms with E-state index in [0.29, 0.717) is 19.5 Å². The second kappa shape index (κ2) is 10.2. The summed E-state index contributed by atoms with van der Waals surface area (Å²) in [5.74, 6) is -0.673. The molecule has 0 spiro atoms. The van der Waals surface area contributed by atoms with E-state index in [9.17, 15) is 14.7 Å². The Morgan fingerprint density at radius 3 is 2.17 bits per heavy atom. The molecule has 1 aliphatic heterocycles. The molecular weight excluding hydrogens is 364 g/mol. The van der Waals surface area contributed by atoms with Gasteiger partial charge in [-0.2, -0.15) is 0 Å². The lowest BCUT2D eigenvalue weighted by Gasteiger charge is -2.34. The number of hydrogen-bond donors (Lipinski definition) is 2. The van der Waals surface area contributed by atoms with Gasteiger partial charge in [0, 0.05) is 25.6 Å². The zero-order valence-electron chi connectivity index (χ0n) is 17.0. The van der Waals surface area contributed by atoms with Crippen molar-refractivity contribution < 1.29 is 14.7 Å². The molecule has 0 aromatic heterocycles. The van der Waals surface area contributed by atoms with Crippen molar-refractivity contribution >= 4 is 11.9 Å². The summed E-state index contributed by atoms with van der Waals surface area (Å²) in [6.45, 7) is 4.11. The fraction of sp³-hybridized carbons (Fsp3) is 0.417. The van der Waals surface area contributed by atoms with Crippen LogP contribution >= 0.6 is 0 Å². The standard InChI is InChI=1S/C24H30N2O3/c1-18-14-21(24(28)29)16-26(15-18)17-23(27)25-13-12-22(19-8-4-2-5-9-19)20-10-6-3-7-11-20/h2-11,18,21-22H,12-17H2,1H3,(H,25,27)(H,28,29). The summed E-state index contributed by atoms with van der Waals surface area (Å²) in [4.78, 5) is 25.7. The third kappa shape index (κ3) is 6.16. The van der Waals surface area contributed by atoms with E-state index in [1.54, 1.807) is 0 Å². The van der Waals surface area contributed by atoms with E-state index < -0.39 is 5.97 Å². The van der Waals surface area contributed by atoms with Crippen molar-refractivity contribution in [1.29, 1.82) is 0 Å². The third-order valence-electron chi connectivity index (χ3n) is 5.61. The van der Waals surface area contributed by atoms with Gasteiger partial charge in [-0.3, -0.25) is 14.5 Å². The summed E-state index contributed by atoms with van der Waals surface area (Å²) in [7, 11) is 0. The molecule has 5 nitrogen and oxygen atoms in total. The van der Waals surface area contributed by atoms with Crippen LogP contribution < -0.4 is 5.32 Å². The highest BCUT2D eigenvalue weighted by Crippen LogP contribution is 2.27. The maximum atomic E-state index is 12.4. The Hall–Kier alpha value is -2.66. The third-order valence-corrected chi connectivity index (χ3v) is 5.61. The first-order valence-electron chi connectivity index (χ1n) is 10.3. The number of carbonyl (C=O) groups excluding carboxylic acids is 1. The van der Waals surface area contributed by atoms with Crippen LogP contribution in [0.4, 0.5) is 0 Å². The average Bonchev–Trinajstić information content (AvgIpc) is 2.72. The normalized spacial score (nSPS) is 19.8. The molecule has 1 aliphatic rings. The van der Waals surface area contributed by atoms with Crippen LogP contribution in [0.15, 0.2) is 60.7 Å². The van der Waals surface area contributed by atoms with Gasteiger partial charge < -0.3 is 10.4 Å². The Morgan fingerprint density at radius 2 is 1.62 bits per heavy atom. The number of piperidine rings is 1. The molecule has 0 aliphatic carbocycles. The summed E-state index contributed by atoms with van der Waals surface area (Å²) in [6, 6.07) is 20.7. The topological polar surface area (TPSA) is 69.6 Å². The van der Waals surface area contributed by atoms with Crippen LogP contribution in [-0.4, -0.2) is 48.1 Å². The summed E-state index contributed by atoms with van der Waals surface area (Å²) >= 11 is 0. The number of likely N-dealkylation sites (tertiary alicyclic amines) is 1. The maximum Gasteiger partial charge on any atom is 0.307 e. The van der Waals surface area contributed by atoms with Gasteiger partial charge >= 0.3 is 5.97 Å². The zero-order chi connectivity index (χ0) is 20.6. The summed E-state index contributed by atoms with van der Waals surface area (Å²) in [5, 5.41) is 12.3. The number of carboxylic acids is 1. The first-order valence-corrected chi connectivity index (χ1v) is 10.3. The smallest absolute Gasteiger partial charge is 0.307 e. The van der Waals surface area contributed by atoms with Gasteiger partial charge in [0.1, 0.15) is 0 Å². The first kappa shape index (κ1) is 21.1. The number of carbonyl (C=O) groups is 2. The molecule has 29 heavy (non-hydrogen) atoms. The Bertz CT molecular complexity index is 755. The number of carboxylic acid groups (broad SMARTS) is 1. The Labute approximate surface area is 172 Å². The summed E-state index contributed by atoms with van der Waals surface area (Å²) in [5.41, 5.74) is 2.48. The van der Waals surface area contributed by atoms with Crippen molar-refractivity contribution in [3.05, 3.63) is 71.8 Å². The molecule has 2 unspecified atom stereocenters. The predicted octanol–water partition coefficient (Wildman–Crippen LogP) is 3.37. The molecular formula is C24H30N2O3. The van der Waals surface area contributed by atoms with Crippen LogP contribution in [0.3, 0.4) is 0 Å². The van der Waals surface area contributed by atoms with Gasteiger partial charge in [-0.25, -0.2) is 0 Å². The number of benzene rings is 2. The molecule has 0 radical (unpaired) electrons. The number of amides is 1. The number of hydrogen-bond acceptors (Lipinski definition) is 3. The minimum absolute atomic E-state index is 0.0388. The minimum atomic E-state index is -0.768. The molecule has 0 saturated carbocycles. The van der Waals surface area contributed by atoms with Crippen LogP contribution in [-0.2, 0) is 9.59 Å². The number of nitrogens with one attached hydrogen (secondary N) is 1. The fourth-order valence-electron chi connectivity index (χ4n) is 4.28. The molecule has 2 aromatic carbocycles. The molecule has 1 amide bonds. The SMILES string of the molecule is CC1CC(C(=O)O)CN(CC(=O)NCCC(c2ccccc2)c2ccccc2)C1. The van der Waals surface area contributed by atoms with Crippen LogP contribution in [0.1, 0.15) is 36.8 Å². The van der Waals surface area contributed by atoms with Gasteiger partial charge in [0.15, 0.2) is 0 Å². The predicted molar refractivity (Wildman–Crippen MR) is 114 cm³/mol. The second-order valence-corrected chi connectivity index (χ2v) is 8.08. The van der Waals surface area contributed by atoms with E-state index in [1.807, 2.05) is 48.2 Å². The molecule has 154 valence electrons. The number of nitrogens with zero attached hydrogens (tertiary/aromatic N) is 1. The van der Waals surface area contributed by atoms with E-state index in [1.165, 1.54) is 11.1 Å². The lowest BCUT2D eigenvalue weighted by molar-refractivity contribution is -0.145. The molecule has 1 fully saturated rings. The van der Waals surface area contributed by atoms with Crippen molar-refractivity contribution in [1.82, 2.24) is 10.2 Å². The molecule has 2 aromatic rings. The monoisotopic (exact) mass is 394 g/mol. The highest BCUT2D eigenvalue weighted by atomic mass is 16.4. The zero-order valence-corrected chi connectivity index (χ0v) is 17.0. The Balaban J connectivity index is 1.54. The van der Waals surface area contributed by atoms with E-state index in [0.717, 1.165) is 13.0 Å². The van der Waals surface area contributed by atoms with Gasteiger partial charge in [-0.15, -0.1) is 0 Å². The molecule has 1 heterocycles. The van der Waals surface area contributed by atoms with Crippen molar-refractivity contribution in [2.75, 3.05) is 26.2 Å². The lowest BCUT2D eigenvalue weighted by Crippen LogP contribution is -2.47. The highest BCUT2D eigenvalue weighted by molar-refractivity contribution is 5.78. The Kier molecular flexibility index (Phi) is 7.42. The fourth-order valence-corrected chi connectivity index (χ4v) is 4.28. The first-order chi connectivity index (χ1) is 14.0. The largest absolute Gasteiger partial charge is 0.481 e. The Morgan fingerprint density at radius 1 is 1.03 bits per heavy atom. The lowest BCUT2D eigenvalue weighted by atomic mass is 9.88. The van der Waals surface area contributed by atoms with Crippen molar-refractivity contribution in [3.8, 4) is 0 Å². The van der Waals surface area contributed by atoms with Crippen LogP contribution in [0.25, 0.3) is 0 Å². The van der Waals surface area contributed by atoms with Gasteiger partial charge in [-0.1, -0.05) is 67.6 Å². The molecule has 0 bridgehead atoms. The van der Waals surface area contributed by atoms with Gasteiger partial charge in [0.05, 0.1) is 12.5 Å². The van der Waals surface area contributed by atoms with Crippen molar-refractivity contribution in [2.24, 2.45) is 11.8 Å². The number of rotatable bonds is 8. The van der Waals surface area contributed by atoms with E-state index in [2.05, 4.69) is 29.6 Å². The molecule has 3 rings (SSSR count). The quantitative estimate of drug-likeness (QED) is 0.720. The molecule has 5 heteroatoms. The van der Waals surface area contributed by atoms with Gasteiger partial charge in [-0.05, 0) is 29.9 Å². The van der Waals surface area contributed by atoms with Gasteiger partial charge in [0.25, 0.3) is 0 Å². The maximum absolute atomic E-state index is 12.4. The van der Waals surface area contributed by atoms with Crippen molar-refractivity contribution in [3.63, 3.8) is 0 Å². The average molecular weight is 395 g/mol. The highest BCUT2D eigenvalue weighted by Gasteiger charge is 2.30. The van der Waals surface area contributed by atoms with Crippen LogP contribution in [0, 0.1) is 11.8 Å². The van der Waals surface area contributed by atoms with Crippen LogP contribution in [0.5, 0.6) is 0 Å². The van der Waals surface area contributed by atoms with Crippen LogP contribution in [0.2, 0.25) is 0 Å². The second-order valence-electron chi connectivity index (χ2n) is 8.08. The molecule has 2 N–H and O–H groups in total. The van der Waals surface area contributed by atoms with Gasteiger partial charge in [0.2, 0.25) is 5.91 Å². The van der Waals surface area contributed by atoms with Crippen molar-refractivity contribution in [2.45, 2.75) is 25.7 Å². The summed E-state index contributed by atoms with van der Waals surface area (Å²) in [6.07, 6.45) is 1.50. The molecule has 2 atom stereocenters. The van der Waals surface area contributed by atoms with E-state index in [4.69, 9.17) is 0 Å². The molecule has 1 saturated heterocycles. The summed E-state index contributed by atoms with van der Waals surface area (Å²) < 4.78 is 0. The van der Waals surface area contributed by atoms with E-state index >= 15 is 0 Å². The number of aliphatic carboxylic acids is 1. The van der Waals surface area contributed by atoms with E-state index in [-0.39, 0.29) is 30.2 Å². The minimum Gasteiger partial charge on any atom is -0.481 e.